The van der Waals surface area contributed by atoms with Crippen LogP contribution >= 0.6 is 11.3 Å². The van der Waals surface area contributed by atoms with Crippen LogP contribution in [0.3, 0.4) is 0 Å². The standard InChI is InChI=1S/C24H21N3O3S2/c1-32(29,30)20-10-11-21-22(14-20)31-24(25-21)26-23(28)17-6-8-19(9-7-17)27-13-12-16-4-2-3-5-18(16)15-27/h2-11,14H,12-13,15H2,1H3,(H,25,26,28). The first-order valence-electron chi connectivity index (χ1n) is 10.2. The Labute approximate surface area is 190 Å². The molecule has 0 saturated carbocycles. The van der Waals surface area contributed by atoms with Crippen molar-refractivity contribution in [3.8, 4) is 0 Å². The van der Waals surface area contributed by atoms with Gasteiger partial charge in [0.2, 0.25) is 0 Å². The summed E-state index contributed by atoms with van der Waals surface area (Å²) in [6.45, 7) is 1.81. The fraction of sp³-hybridized carbons (Fsp3) is 0.167. The van der Waals surface area contributed by atoms with Gasteiger partial charge in [-0.2, -0.15) is 0 Å². The SMILES string of the molecule is CS(=O)(=O)c1ccc2nc(NC(=O)c3ccc(N4CCc5ccccc5C4)cc3)sc2c1. The summed E-state index contributed by atoms with van der Waals surface area (Å²) >= 11 is 1.25. The molecule has 0 fully saturated rings. The molecular weight excluding hydrogens is 442 g/mol. The van der Waals surface area contributed by atoms with Crippen LogP contribution in [-0.4, -0.2) is 32.1 Å². The van der Waals surface area contributed by atoms with Crippen molar-refractivity contribution >= 4 is 48.1 Å². The quantitative estimate of drug-likeness (QED) is 0.482. The van der Waals surface area contributed by atoms with Gasteiger partial charge in [0.05, 0.1) is 15.1 Å². The minimum Gasteiger partial charge on any atom is -0.367 e. The predicted molar refractivity (Wildman–Crippen MR) is 128 cm³/mol. The molecule has 2 heterocycles. The molecule has 4 aromatic rings. The molecule has 1 amide bonds. The topological polar surface area (TPSA) is 79.4 Å². The number of aromatic nitrogens is 1. The largest absolute Gasteiger partial charge is 0.367 e. The average Bonchev–Trinajstić information content (AvgIpc) is 3.19. The third-order valence-electron chi connectivity index (χ3n) is 5.63. The summed E-state index contributed by atoms with van der Waals surface area (Å²) in [5.74, 6) is -0.247. The van der Waals surface area contributed by atoms with Crippen molar-refractivity contribution in [2.45, 2.75) is 17.9 Å². The second-order valence-corrected chi connectivity index (χ2v) is 10.9. The average molecular weight is 464 g/mol. The lowest BCUT2D eigenvalue weighted by Gasteiger charge is -2.30. The van der Waals surface area contributed by atoms with E-state index in [-0.39, 0.29) is 10.8 Å². The Kier molecular flexibility index (Phi) is 5.19. The first-order valence-corrected chi connectivity index (χ1v) is 12.9. The fourth-order valence-corrected chi connectivity index (χ4v) is 5.52. The summed E-state index contributed by atoms with van der Waals surface area (Å²) in [6, 6.07) is 20.9. The maximum Gasteiger partial charge on any atom is 0.257 e. The van der Waals surface area contributed by atoms with Gasteiger partial charge in [-0.3, -0.25) is 10.1 Å². The van der Waals surface area contributed by atoms with Crippen molar-refractivity contribution in [3.63, 3.8) is 0 Å². The van der Waals surface area contributed by atoms with E-state index >= 15 is 0 Å². The summed E-state index contributed by atoms with van der Waals surface area (Å²) < 4.78 is 24.2. The first-order chi connectivity index (χ1) is 15.4. The number of fused-ring (bicyclic) bond motifs is 2. The smallest absolute Gasteiger partial charge is 0.257 e. The number of rotatable bonds is 4. The normalized spacial score (nSPS) is 13.7. The van der Waals surface area contributed by atoms with Gasteiger partial charge in [0.1, 0.15) is 0 Å². The molecular formula is C24H21N3O3S2. The highest BCUT2D eigenvalue weighted by Crippen LogP contribution is 2.29. The van der Waals surface area contributed by atoms with Gasteiger partial charge < -0.3 is 4.90 Å². The molecule has 0 bridgehead atoms. The maximum atomic E-state index is 12.7. The highest BCUT2D eigenvalue weighted by molar-refractivity contribution is 7.90. The van der Waals surface area contributed by atoms with Crippen LogP contribution in [0.1, 0.15) is 21.5 Å². The second kappa shape index (κ2) is 8.03. The Bertz CT molecular complexity index is 1430. The molecule has 0 unspecified atom stereocenters. The lowest BCUT2D eigenvalue weighted by atomic mass is 9.99. The number of hydrogen-bond acceptors (Lipinski definition) is 6. The van der Waals surface area contributed by atoms with Crippen molar-refractivity contribution in [3.05, 3.63) is 83.4 Å². The van der Waals surface area contributed by atoms with Gasteiger partial charge in [0.25, 0.3) is 5.91 Å². The van der Waals surface area contributed by atoms with E-state index in [0.29, 0.717) is 20.9 Å². The van der Waals surface area contributed by atoms with E-state index in [4.69, 9.17) is 0 Å². The van der Waals surface area contributed by atoms with E-state index in [1.54, 1.807) is 12.1 Å². The third-order valence-corrected chi connectivity index (χ3v) is 7.68. The molecule has 3 aromatic carbocycles. The van der Waals surface area contributed by atoms with Gasteiger partial charge in [-0.15, -0.1) is 0 Å². The van der Waals surface area contributed by atoms with Crippen molar-refractivity contribution < 1.29 is 13.2 Å². The van der Waals surface area contributed by atoms with E-state index < -0.39 is 9.84 Å². The zero-order valence-electron chi connectivity index (χ0n) is 17.4. The summed E-state index contributed by atoms with van der Waals surface area (Å²) in [5.41, 5.74) is 5.03. The van der Waals surface area contributed by atoms with Crippen LogP contribution in [-0.2, 0) is 22.8 Å². The number of amides is 1. The molecule has 1 aliphatic heterocycles. The van der Waals surface area contributed by atoms with E-state index in [2.05, 4.69) is 39.5 Å². The third kappa shape index (κ3) is 4.11. The van der Waals surface area contributed by atoms with Crippen molar-refractivity contribution in [1.29, 1.82) is 0 Å². The van der Waals surface area contributed by atoms with Crippen molar-refractivity contribution in [2.75, 3.05) is 23.0 Å². The van der Waals surface area contributed by atoms with E-state index in [1.807, 2.05) is 24.3 Å². The Balaban J connectivity index is 1.30. The Morgan fingerprint density at radius 3 is 2.53 bits per heavy atom. The summed E-state index contributed by atoms with van der Waals surface area (Å²) in [7, 11) is -3.29. The monoisotopic (exact) mass is 463 g/mol. The van der Waals surface area contributed by atoms with Gasteiger partial charge in [-0.1, -0.05) is 35.6 Å². The molecule has 1 N–H and O–H groups in total. The maximum absolute atomic E-state index is 12.7. The van der Waals surface area contributed by atoms with E-state index in [1.165, 1.54) is 34.8 Å². The highest BCUT2D eigenvalue weighted by Gasteiger charge is 2.17. The van der Waals surface area contributed by atoms with Gasteiger partial charge in [0, 0.05) is 30.6 Å². The number of carbonyl (C=O) groups is 1. The molecule has 162 valence electrons. The molecule has 0 radical (unpaired) electrons. The minimum absolute atomic E-state index is 0.238. The number of nitrogens with zero attached hydrogens (tertiary/aromatic N) is 2. The fourth-order valence-electron chi connectivity index (χ4n) is 3.90. The van der Waals surface area contributed by atoms with Crippen LogP contribution in [0.4, 0.5) is 10.8 Å². The second-order valence-electron chi connectivity index (χ2n) is 7.86. The van der Waals surface area contributed by atoms with Crippen molar-refractivity contribution in [1.82, 2.24) is 4.98 Å². The molecule has 1 aliphatic rings. The predicted octanol–water partition coefficient (Wildman–Crippen LogP) is 4.51. The van der Waals surface area contributed by atoms with E-state index in [0.717, 1.165) is 25.2 Å². The molecule has 0 spiro atoms. The lowest BCUT2D eigenvalue weighted by Crippen LogP contribution is -2.30. The number of sulfone groups is 1. The van der Waals surface area contributed by atoms with Gasteiger partial charge >= 0.3 is 0 Å². The molecule has 1 aromatic heterocycles. The number of carbonyl (C=O) groups excluding carboxylic acids is 1. The van der Waals surface area contributed by atoms with Crippen LogP contribution in [0.15, 0.2) is 71.6 Å². The van der Waals surface area contributed by atoms with E-state index in [9.17, 15) is 13.2 Å². The Morgan fingerprint density at radius 1 is 1.03 bits per heavy atom. The van der Waals surface area contributed by atoms with Crippen LogP contribution in [0.2, 0.25) is 0 Å². The summed E-state index contributed by atoms with van der Waals surface area (Å²) in [4.78, 5) is 19.7. The number of anilines is 2. The van der Waals surface area contributed by atoms with Gasteiger partial charge in [0.15, 0.2) is 15.0 Å². The summed E-state index contributed by atoms with van der Waals surface area (Å²) in [6.07, 6.45) is 2.18. The molecule has 5 rings (SSSR count). The van der Waals surface area contributed by atoms with Crippen LogP contribution < -0.4 is 10.2 Å². The Morgan fingerprint density at radius 2 is 1.78 bits per heavy atom. The molecule has 32 heavy (non-hydrogen) atoms. The number of nitrogens with one attached hydrogen (secondary N) is 1. The first kappa shape index (κ1) is 20.7. The van der Waals surface area contributed by atoms with Gasteiger partial charge in [-0.05, 0) is 60.0 Å². The number of hydrogen-bond donors (Lipinski definition) is 1. The molecule has 0 aliphatic carbocycles. The number of thiazole rings is 1. The summed E-state index contributed by atoms with van der Waals surface area (Å²) in [5, 5.41) is 3.26. The van der Waals surface area contributed by atoms with Gasteiger partial charge in [-0.25, -0.2) is 13.4 Å². The minimum atomic E-state index is -3.29. The Hall–Kier alpha value is -3.23. The zero-order chi connectivity index (χ0) is 22.3. The number of benzene rings is 3. The van der Waals surface area contributed by atoms with Crippen LogP contribution in [0, 0.1) is 0 Å². The molecule has 8 heteroatoms. The zero-order valence-corrected chi connectivity index (χ0v) is 19.0. The lowest BCUT2D eigenvalue weighted by molar-refractivity contribution is 0.102. The van der Waals surface area contributed by atoms with Crippen LogP contribution in [0.25, 0.3) is 10.2 Å². The molecule has 0 atom stereocenters. The highest BCUT2D eigenvalue weighted by atomic mass is 32.2. The molecule has 6 nitrogen and oxygen atoms in total. The van der Waals surface area contributed by atoms with Crippen LogP contribution in [0.5, 0.6) is 0 Å². The van der Waals surface area contributed by atoms with Crippen molar-refractivity contribution in [2.24, 2.45) is 0 Å². The molecule has 0 saturated heterocycles.